The summed E-state index contributed by atoms with van der Waals surface area (Å²) in [5.74, 6) is -0.0957. The second kappa shape index (κ2) is 5.95. The average Bonchev–Trinajstić information content (AvgIpc) is 2.09. The number of nitrogens with zero attached hydrogens (tertiary/aromatic N) is 1. The Kier molecular flexibility index (Phi) is 5.64. The van der Waals surface area contributed by atoms with E-state index in [1.165, 1.54) is 4.90 Å². The van der Waals surface area contributed by atoms with Crippen molar-refractivity contribution in [3.63, 3.8) is 0 Å². The predicted octanol–water partition coefficient (Wildman–Crippen LogP) is 0.547. The maximum atomic E-state index is 11.4. The van der Waals surface area contributed by atoms with Crippen molar-refractivity contribution in [3.05, 3.63) is 0 Å². The van der Waals surface area contributed by atoms with Crippen molar-refractivity contribution in [2.45, 2.75) is 18.2 Å². The molecule has 0 saturated heterocycles. The molecule has 0 fully saturated rings. The summed E-state index contributed by atoms with van der Waals surface area (Å²) in [7, 11) is 3.32. The Morgan fingerprint density at radius 1 is 1.20 bits per heavy atom. The summed E-state index contributed by atoms with van der Waals surface area (Å²) in [6.07, 6.45) is 0. The highest BCUT2D eigenvalue weighted by Gasteiger charge is 2.22. The molecule has 0 atom stereocenters. The fourth-order valence-electron chi connectivity index (χ4n) is 0.714. The fraction of sp³-hybridized carbons (Fsp3) is 0.778. The smallest absolute Gasteiger partial charge is 0.316 e. The van der Waals surface area contributed by atoms with Crippen LogP contribution in [0, 0.1) is 0 Å². The molecule has 0 heterocycles. The van der Waals surface area contributed by atoms with Gasteiger partial charge in [0, 0.05) is 27.2 Å². The summed E-state index contributed by atoms with van der Waals surface area (Å²) < 4.78 is -0.571. The van der Waals surface area contributed by atoms with Gasteiger partial charge < -0.3 is 15.5 Å². The lowest BCUT2D eigenvalue weighted by atomic mass is 10.2. The highest BCUT2D eigenvalue weighted by Crippen LogP contribution is 2.14. The van der Waals surface area contributed by atoms with E-state index >= 15 is 0 Å². The lowest BCUT2D eigenvalue weighted by Gasteiger charge is -2.16. The van der Waals surface area contributed by atoms with Crippen molar-refractivity contribution >= 4 is 27.9 Å². The number of amides is 3. The quantitative estimate of drug-likeness (QED) is 0.583. The van der Waals surface area contributed by atoms with Crippen LogP contribution in [-0.2, 0) is 4.79 Å². The zero-order chi connectivity index (χ0) is 12.1. The van der Waals surface area contributed by atoms with E-state index in [9.17, 15) is 9.59 Å². The van der Waals surface area contributed by atoms with Gasteiger partial charge in [-0.1, -0.05) is 15.9 Å². The first-order valence-electron chi connectivity index (χ1n) is 4.67. The Balaban J connectivity index is 3.65. The molecule has 0 rings (SSSR count). The first-order chi connectivity index (χ1) is 6.75. The van der Waals surface area contributed by atoms with Crippen molar-refractivity contribution in [2.24, 2.45) is 0 Å². The van der Waals surface area contributed by atoms with Crippen molar-refractivity contribution in [1.82, 2.24) is 15.5 Å². The van der Waals surface area contributed by atoms with Crippen LogP contribution in [0.25, 0.3) is 0 Å². The first kappa shape index (κ1) is 14.2. The van der Waals surface area contributed by atoms with Crippen molar-refractivity contribution in [3.8, 4) is 0 Å². The van der Waals surface area contributed by atoms with Gasteiger partial charge in [-0.15, -0.1) is 0 Å². The molecule has 0 unspecified atom stereocenters. The van der Waals surface area contributed by atoms with Crippen LogP contribution >= 0.6 is 15.9 Å². The van der Waals surface area contributed by atoms with Gasteiger partial charge in [0.05, 0.1) is 4.32 Å². The van der Waals surface area contributed by atoms with Crippen LogP contribution < -0.4 is 10.6 Å². The summed E-state index contributed by atoms with van der Waals surface area (Å²) in [5, 5.41) is 5.34. The first-order valence-corrected chi connectivity index (χ1v) is 5.47. The van der Waals surface area contributed by atoms with Crippen LogP contribution in [0.2, 0.25) is 0 Å². The SMILES string of the molecule is CN(C)C(=O)NCCNC(=O)C(C)(C)Br. The van der Waals surface area contributed by atoms with Crippen molar-refractivity contribution < 1.29 is 9.59 Å². The number of halogens is 1. The van der Waals surface area contributed by atoms with Crippen molar-refractivity contribution in [2.75, 3.05) is 27.2 Å². The lowest BCUT2D eigenvalue weighted by Crippen LogP contribution is -2.43. The monoisotopic (exact) mass is 279 g/mol. The lowest BCUT2D eigenvalue weighted by molar-refractivity contribution is -0.122. The molecule has 0 saturated carbocycles. The van der Waals surface area contributed by atoms with Gasteiger partial charge in [-0.25, -0.2) is 4.79 Å². The Bertz CT molecular complexity index is 236. The third-order valence-corrected chi connectivity index (χ3v) is 1.99. The largest absolute Gasteiger partial charge is 0.353 e. The van der Waals surface area contributed by atoms with Crippen LogP contribution in [0.15, 0.2) is 0 Å². The standard InChI is InChI=1S/C9H18BrN3O2/c1-9(2,10)7(14)11-5-6-12-8(15)13(3)4/h5-6H2,1-4H3,(H,11,14)(H,12,15). The minimum atomic E-state index is -0.571. The van der Waals surface area contributed by atoms with Gasteiger partial charge in [0.1, 0.15) is 0 Å². The second-order valence-corrected chi connectivity index (χ2v) is 5.84. The molecule has 0 spiro atoms. The molecule has 0 radical (unpaired) electrons. The molecule has 0 aliphatic heterocycles. The van der Waals surface area contributed by atoms with Crippen LogP contribution in [0.1, 0.15) is 13.8 Å². The third-order valence-electron chi connectivity index (χ3n) is 1.63. The molecule has 0 aromatic carbocycles. The summed E-state index contributed by atoms with van der Waals surface area (Å²) in [5.41, 5.74) is 0. The summed E-state index contributed by atoms with van der Waals surface area (Å²) >= 11 is 3.24. The Morgan fingerprint density at radius 2 is 1.67 bits per heavy atom. The normalized spacial score (nSPS) is 10.7. The number of alkyl halides is 1. The maximum Gasteiger partial charge on any atom is 0.316 e. The molecule has 0 aliphatic carbocycles. The van der Waals surface area contributed by atoms with Crippen LogP contribution in [-0.4, -0.2) is 48.3 Å². The minimum Gasteiger partial charge on any atom is -0.353 e. The number of nitrogens with one attached hydrogen (secondary N) is 2. The molecule has 5 nitrogen and oxygen atoms in total. The van der Waals surface area contributed by atoms with E-state index < -0.39 is 4.32 Å². The highest BCUT2D eigenvalue weighted by molar-refractivity contribution is 9.10. The van der Waals surface area contributed by atoms with E-state index in [-0.39, 0.29) is 11.9 Å². The van der Waals surface area contributed by atoms with Gasteiger partial charge in [0.25, 0.3) is 0 Å². The Morgan fingerprint density at radius 3 is 2.07 bits per heavy atom. The van der Waals surface area contributed by atoms with E-state index in [0.29, 0.717) is 13.1 Å². The molecule has 0 bridgehead atoms. The second-order valence-electron chi connectivity index (χ2n) is 3.85. The van der Waals surface area contributed by atoms with Crippen LogP contribution in [0.5, 0.6) is 0 Å². The number of carbonyl (C=O) groups is 2. The summed E-state index contributed by atoms with van der Waals surface area (Å²) in [4.78, 5) is 23.9. The molecule has 88 valence electrons. The van der Waals surface area contributed by atoms with Gasteiger partial charge in [-0.3, -0.25) is 4.79 Å². The van der Waals surface area contributed by atoms with Gasteiger partial charge >= 0.3 is 6.03 Å². The zero-order valence-corrected chi connectivity index (χ0v) is 11.1. The number of rotatable bonds is 4. The van der Waals surface area contributed by atoms with Gasteiger partial charge in [0.2, 0.25) is 5.91 Å². The number of carbonyl (C=O) groups excluding carboxylic acids is 2. The number of hydrogen-bond donors (Lipinski definition) is 2. The van der Waals surface area contributed by atoms with E-state index in [1.54, 1.807) is 27.9 Å². The molecule has 0 aliphatic rings. The summed E-state index contributed by atoms with van der Waals surface area (Å²) in [6, 6.07) is -0.164. The third kappa shape index (κ3) is 6.33. The molecule has 2 N–H and O–H groups in total. The van der Waals surface area contributed by atoms with Gasteiger partial charge in [-0.05, 0) is 13.8 Å². The number of urea groups is 1. The van der Waals surface area contributed by atoms with Crippen LogP contribution in [0.3, 0.4) is 0 Å². The minimum absolute atomic E-state index is 0.0957. The fourth-order valence-corrected chi connectivity index (χ4v) is 0.854. The van der Waals surface area contributed by atoms with E-state index in [4.69, 9.17) is 0 Å². The highest BCUT2D eigenvalue weighted by atomic mass is 79.9. The van der Waals surface area contributed by atoms with E-state index in [1.807, 2.05) is 0 Å². The van der Waals surface area contributed by atoms with E-state index in [2.05, 4.69) is 26.6 Å². The molecular formula is C9H18BrN3O2. The maximum absolute atomic E-state index is 11.4. The summed E-state index contributed by atoms with van der Waals surface area (Å²) in [6.45, 7) is 4.38. The average molecular weight is 280 g/mol. The van der Waals surface area contributed by atoms with Crippen LogP contribution in [0.4, 0.5) is 4.79 Å². The number of hydrogen-bond acceptors (Lipinski definition) is 2. The Hall–Kier alpha value is -0.780. The van der Waals surface area contributed by atoms with Gasteiger partial charge in [-0.2, -0.15) is 0 Å². The molecular weight excluding hydrogens is 262 g/mol. The van der Waals surface area contributed by atoms with Gasteiger partial charge in [0.15, 0.2) is 0 Å². The molecule has 3 amide bonds. The van der Waals surface area contributed by atoms with Crippen molar-refractivity contribution in [1.29, 1.82) is 0 Å². The van der Waals surface area contributed by atoms with E-state index in [0.717, 1.165) is 0 Å². The molecule has 0 aromatic heterocycles. The molecule has 0 aromatic rings. The Labute approximate surface area is 98.7 Å². The molecule has 15 heavy (non-hydrogen) atoms. The predicted molar refractivity (Wildman–Crippen MR) is 63.1 cm³/mol. The molecule has 6 heteroatoms. The topological polar surface area (TPSA) is 61.4 Å². The zero-order valence-electron chi connectivity index (χ0n) is 9.56.